The Bertz CT molecular complexity index is 662. The topological polar surface area (TPSA) is 32.8 Å². The van der Waals surface area contributed by atoms with Crippen molar-refractivity contribution in [3.63, 3.8) is 0 Å². The van der Waals surface area contributed by atoms with Crippen LogP contribution in [-0.2, 0) is 6.54 Å². The van der Waals surface area contributed by atoms with E-state index in [0.29, 0.717) is 6.42 Å². The van der Waals surface area contributed by atoms with Crippen LogP contribution in [-0.4, -0.2) is 55.4 Å². The Hall–Kier alpha value is -2.17. The van der Waals surface area contributed by atoms with E-state index in [0.717, 1.165) is 50.6 Å². The lowest BCUT2D eigenvalue weighted by atomic mass is 10.1. The molecule has 2 aromatic carbocycles. The van der Waals surface area contributed by atoms with E-state index in [1.165, 1.54) is 5.56 Å². The molecule has 0 atom stereocenters. The first-order valence-corrected chi connectivity index (χ1v) is 8.90. The van der Waals surface area contributed by atoms with Gasteiger partial charge in [-0.2, -0.15) is 0 Å². The smallest absolute Gasteiger partial charge is 0.164 e. The summed E-state index contributed by atoms with van der Waals surface area (Å²) in [5.41, 5.74) is 2.13. The number of ether oxygens (including phenoxy) is 1. The van der Waals surface area contributed by atoms with Gasteiger partial charge in [-0.1, -0.05) is 30.3 Å². The molecule has 25 heavy (non-hydrogen) atoms. The zero-order valence-electron chi connectivity index (χ0n) is 14.9. The van der Waals surface area contributed by atoms with Gasteiger partial charge in [-0.15, -0.1) is 0 Å². The summed E-state index contributed by atoms with van der Waals surface area (Å²) in [5.74, 6) is 0.987. The van der Waals surface area contributed by atoms with Gasteiger partial charge in [-0.05, 0) is 29.8 Å². The zero-order valence-corrected chi connectivity index (χ0v) is 14.9. The summed E-state index contributed by atoms with van der Waals surface area (Å²) in [6.07, 6.45) is 0.574. The minimum absolute atomic E-state index is 0.203. The first-order chi connectivity index (χ1) is 12.2. The third-order valence-corrected chi connectivity index (χ3v) is 4.78. The number of benzene rings is 2. The molecule has 0 spiro atoms. The molecule has 0 aromatic heterocycles. The average Bonchev–Trinajstić information content (AvgIpc) is 2.68. The number of methoxy groups -OCH3 is 1. The number of Topliss-reactive ketones (excluding diaryl/α,β-unsaturated/α-hetero) is 1. The molecule has 0 saturated carbocycles. The molecule has 4 heteroatoms. The van der Waals surface area contributed by atoms with E-state index in [9.17, 15) is 4.79 Å². The third-order valence-electron chi connectivity index (χ3n) is 4.78. The number of ketones is 1. The van der Waals surface area contributed by atoms with Gasteiger partial charge in [0.25, 0.3) is 0 Å². The summed E-state index contributed by atoms with van der Waals surface area (Å²) in [6.45, 7) is 6.03. The highest BCUT2D eigenvalue weighted by molar-refractivity contribution is 5.96. The minimum Gasteiger partial charge on any atom is -0.497 e. The fourth-order valence-electron chi connectivity index (χ4n) is 3.19. The van der Waals surface area contributed by atoms with Gasteiger partial charge in [0.15, 0.2) is 5.78 Å². The molecule has 1 aliphatic rings. The number of carbonyl (C=O) groups excluding carboxylic acids is 1. The summed E-state index contributed by atoms with van der Waals surface area (Å²) in [5, 5.41) is 0. The molecule has 0 aliphatic carbocycles. The molecule has 0 N–H and O–H groups in total. The summed E-state index contributed by atoms with van der Waals surface area (Å²) >= 11 is 0. The highest BCUT2D eigenvalue weighted by atomic mass is 16.5. The highest BCUT2D eigenvalue weighted by Crippen LogP contribution is 2.14. The van der Waals surface area contributed by atoms with Crippen molar-refractivity contribution in [2.75, 3.05) is 39.8 Å². The number of piperazine rings is 1. The van der Waals surface area contributed by atoms with Gasteiger partial charge < -0.3 is 9.64 Å². The second-order valence-electron chi connectivity index (χ2n) is 6.51. The summed E-state index contributed by atoms with van der Waals surface area (Å²) in [4.78, 5) is 17.2. The van der Waals surface area contributed by atoms with Crippen molar-refractivity contribution in [2.45, 2.75) is 13.0 Å². The monoisotopic (exact) mass is 338 g/mol. The predicted octanol–water partition coefficient (Wildman–Crippen LogP) is 3.09. The van der Waals surface area contributed by atoms with Gasteiger partial charge in [0.05, 0.1) is 7.11 Å². The van der Waals surface area contributed by atoms with E-state index in [4.69, 9.17) is 4.74 Å². The molecule has 1 heterocycles. The van der Waals surface area contributed by atoms with Crippen molar-refractivity contribution in [1.29, 1.82) is 0 Å². The lowest BCUT2D eigenvalue weighted by molar-refractivity contribution is 0.0922. The molecular formula is C21H26N2O2. The first kappa shape index (κ1) is 17.6. The summed E-state index contributed by atoms with van der Waals surface area (Å²) in [7, 11) is 1.63. The SMILES string of the molecule is COc1ccc(C(=O)CCN2CCN(Cc3ccccc3)CC2)cc1. The molecule has 0 bridgehead atoms. The average molecular weight is 338 g/mol. The van der Waals surface area contributed by atoms with Crippen molar-refractivity contribution < 1.29 is 9.53 Å². The maximum atomic E-state index is 12.3. The molecule has 3 rings (SSSR count). The third kappa shape index (κ3) is 5.15. The van der Waals surface area contributed by atoms with E-state index >= 15 is 0 Å². The van der Waals surface area contributed by atoms with Crippen LogP contribution >= 0.6 is 0 Å². The van der Waals surface area contributed by atoms with Gasteiger partial charge in [0, 0.05) is 51.3 Å². The molecule has 1 saturated heterocycles. The Labute approximate surface area is 150 Å². The second-order valence-corrected chi connectivity index (χ2v) is 6.51. The van der Waals surface area contributed by atoms with Crippen LogP contribution in [0.25, 0.3) is 0 Å². The second kappa shape index (κ2) is 8.79. The molecule has 0 amide bonds. The van der Waals surface area contributed by atoms with Gasteiger partial charge in [-0.25, -0.2) is 0 Å². The summed E-state index contributed by atoms with van der Waals surface area (Å²) in [6, 6.07) is 18.0. The van der Waals surface area contributed by atoms with Crippen LogP contribution < -0.4 is 4.74 Å². The number of hydrogen-bond donors (Lipinski definition) is 0. The van der Waals surface area contributed by atoms with E-state index in [1.807, 2.05) is 24.3 Å². The van der Waals surface area contributed by atoms with Crippen LogP contribution in [0.1, 0.15) is 22.3 Å². The fourth-order valence-corrected chi connectivity index (χ4v) is 3.19. The molecule has 1 fully saturated rings. The van der Waals surface area contributed by atoms with Crippen molar-refractivity contribution in [3.8, 4) is 5.75 Å². The molecule has 132 valence electrons. The Morgan fingerprint density at radius 2 is 1.56 bits per heavy atom. The minimum atomic E-state index is 0.203. The predicted molar refractivity (Wildman–Crippen MR) is 100 cm³/mol. The van der Waals surface area contributed by atoms with Crippen LogP contribution in [0.4, 0.5) is 0 Å². The van der Waals surface area contributed by atoms with Gasteiger partial charge >= 0.3 is 0 Å². The number of carbonyl (C=O) groups is 1. The summed E-state index contributed by atoms with van der Waals surface area (Å²) < 4.78 is 5.13. The van der Waals surface area contributed by atoms with E-state index < -0.39 is 0 Å². The quantitative estimate of drug-likeness (QED) is 0.727. The zero-order chi connectivity index (χ0) is 17.5. The first-order valence-electron chi connectivity index (χ1n) is 8.90. The number of nitrogens with zero attached hydrogens (tertiary/aromatic N) is 2. The van der Waals surface area contributed by atoms with Crippen molar-refractivity contribution in [2.24, 2.45) is 0 Å². The lowest BCUT2D eigenvalue weighted by Gasteiger charge is -2.34. The fraction of sp³-hybridized carbons (Fsp3) is 0.381. The van der Waals surface area contributed by atoms with Crippen molar-refractivity contribution in [1.82, 2.24) is 9.80 Å². The lowest BCUT2D eigenvalue weighted by Crippen LogP contribution is -2.46. The van der Waals surface area contributed by atoms with Crippen LogP contribution in [0, 0.1) is 0 Å². The largest absolute Gasteiger partial charge is 0.497 e. The van der Waals surface area contributed by atoms with Gasteiger partial charge in [0.1, 0.15) is 5.75 Å². The van der Waals surface area contributed by atoms with Gasteiger partial charge in [-0.3, -0.25) is 9.69 Å². The number of hydrogen-bond acceptors (Lipinski definition) is 4. The molecule has 0 radical (unpaired) electrons. The molecule has 2 aromatic rings. The Kier molecular flexibility index (Phi) is 6.20. The Morgan fingerprint density at radius 3 is 2.20 bits per heavy atom. The maximum absolute atomic E-state index is 12.3. The molecule has 1 aliphatic heterocycles. The van der Waals surface area contributed by atoms with E-state index in [1.54, 1.807) is 7.11 Å². The molecular weight excluding hydrogens is 312 g/mol. The Morgan fingerprint density at radius 1 is 0.920 bits per heavy atom. The molecule has 4 nitrogen and oxygen atoms in total. The highest BCUT2D eigenvalue weighted by Gasteiger charge is 2.17. The van der Waals surface area contributed by atoms with Crippen molar-refractivity contribution >= 4 is 5.78 Å². The van der Waals surface area contributed by atoms with E-state index in [2.05, 4.69) is 40.1 Å². The maximum Gasteiger partial charge on any atom is 0.164 e. The number of rotatable bonds is 7. The van der Waals surface area contributed by atoms with Crippen LogP contribution in [0.2, 0.25) is 0 Å². The van der Waals surface area contributed by atoms with Crippen LogP contribution in [0.15, 0.2) is 54.6 Å². The van der Waals surface area contributed by atoms with Crippen LogP contribution in [0.3, 0.4) is 0 Å². The van der Waals surface area contributed by atoms with Crippen molar-refractivity contribution in [3.05, 3.63) is 65.7 Å². The standard InChI is InChI=1S/C21H26N2O2/c1-25-20-9-7-19(8-10-20)21(24)11-12-22-13-15-23(16-14-22)17-18-5-3-2-4-6-18/h2-10H,11-17H2,1H3. The van der Waals surface area contributed by atoms with Crippen LogP contribution in [0.5, 0.6) is 5.75 Å². The Balaban J connectivity index is 1.40. The molecule has 0 unspecified atom stereocenters. The van der Waals surface area contributed by atoms with Gasteiger partial charge in [0.2, 0.25) is 0 Å². The normalized spacial score (nSPS) is 15.9. The van der Waals surface area contributed by atoms with E-state index in [-0.39, 0.29) is 5.78 Å².